The van der Waals surface area contributed by atoms with Crippen molar-refractivity contribution in [3.05, 3.63) is 0 Å². The van der Waals surface area contributed by atoms with Crippen molar-refractivity contribution in [2.75, 3.05) is 12.0 Å². The number of nitrogens with zero attached hydrogens (tertiary/aromatic N) is 1. The third kappa shape index (κ3) is 3.07. The van der Waals surface area contributed by atoms with Gasteiger partial charge in [-0.3, -0.25) is 0 Å². The van der Waals surface area contributed by atoms with Crippen molar-refractivity contribution >= 4 is 23.8 Å². The summed E-state index contributed by atoms with van der Waals surface area (Å²) < 4.78 is 0. The number of carbonyl (C=O) groups is 1. The Morgan fingerprint density at radius 1 is 1.75 bits per heavy atom. The van der Waals surface area contributed by atoms with Crippen LogP contribution in [0.2, 0.25) is 0 Å². The van der Waals surface area contributed by atoms with Crippen LogP contribution in [0, 0.1) is 0 Å². The standard InChI is InChI=1S/C7H11NO3S/c1-7(6(10)11,8-5-9)3-4-12-2/h3-4H2,1-2H3,(H,10,11). The lowest BCUT2D eigenvalue weighted by atomic mass is 10.0. The Balaban J connectivity index is 4.39. The van der Waals surface area contributed by atoms with Crippen molar-refractivity contribution in [2.45, 2.75) is 18.9 Å². The number of thioether (sulfide) groups is 1. The molecule has 4 nitrogen and oxygen atoms in total. The molecular formula is C7H11NO3S. The molecule has 0 aromatic carbocycles. The van der Waals surface area contributed by atoms with Crippen molar-refractivity contribution in [1.82, 2.24) is 0 Å². The first-order valence-electron chi connectivity index (χ1n) is 3.38. The minimum absolute atomic E-state index is 0.346. The van der Waals surface area contributed by atoms with Gasteiger partial charge in [0.2, 0.25) is 6.08 Å². The van der Waals surface area contributed by atoms with Gasteiger partial charge in [0.15, 0.2) is 5.54 Å². The maximum atomic E-state index is 10.6. The van der Waals surface area contributed by atoms with Crippen molar-refractivity contribution in [1.29, 1.82) is 0 Å². The summed E-state index contributed by atoms with van der Waals surface area (Å²) in [5, 5.41) is 8.71. The van der Waals surface area contributed by atoms with Gasteiger partial charge in [-0.15, -0.1) is 0 Å². The van der Waals surface area contributed by atoms with E-state index in [4.69, 9.17) is 5.11 Å². The number of aliphatic carboxylic acids is 1. The summed E-state index contributed by atoms with van der Waals surface area (Å²) in [4.78, 5) is 23.8. The Bertz CT molecular complexity index is 209. The van der Waals surface area contributed by atoms with Gasteiger partial charge in [0, 0.05) is 0 Å². The Kier molecular flexibility index (Phi) is 4.62. The van der Waals surface area contributed by atoms with E-state index in [1.54, 1.807) is 0 Å². The van der Waals surface area contributed by atoms with E-state index in [2.05, 4.69) is 4.99 Å². The van der Waals surface area contributed by atoms with Gasteiger partial charge in [0.05, 0.1) is 0 Å². The summed E-state index contributed by atoms with van der Waals surface area (Å²) >= 11 is 1.52. The molecule has 0 rings (SSSR count). The smallest absolute Gasteiger partial charge is 0.332 e. The lowest BCUT2D eigenvalue weighted by molar-refractivity contribution is -0.142. The number of carbonyl (C=O) groups excluding carboxylic acids is 1. The van der Waals surface area contributed by atoms with Crippen LogP contribution in [-0.4, -0.2) is 34.7 Å². The number of hydrogen-bond donors (Lipinski definition) is 1. The van der Waals surface area contributed by atoms with Crippen molar-refractivity contribution < 1.29 is 14.7 Å². The molecule has 1 atom stereocenters. The minimum atomic E-state index is -1.30. The molecule has 0 aliphatic rings. The molecule has 12 heavy (non-hydrogen) atoms. The number of carboxylic acid groups (broad SMARTS) is 1. The van der Waals surface area contributed by atoms with Gasteiger partial charge < -0.3 is 5.11 Å². The molecule has 0 spiro atoms. The molecule has 5 heteroatoms. The van der Waals surface area contributed by atoms with Gasteiger partial charge in [0.1, 0.15) is 0 Å². The van der Waals surface area contributed by atoms with E-state index in [0.29, 0.717) is 12.2 Å². The molecule has 0 aliphatic heterocycles. The fourth-order valence-corrected chi connectivity index (χ4v) is 1.21. The first-order chi connectivity index (χ1) is 5.56. The van der Waals surface area contributed by atoms with Gasteiger partial charge >= 0.3 is 5.97 Å². The molecule has 1 N–H and O–H groups in total. The van der Waals surface area contributed by atoms with Crippen LogP contribution in [0.4, 0.5) is 0 Å². The number of carboxylic acids is 1. The van der Waals surface area contributed by atoms with Gasteiger partial charge in [0.25, 0.3) is 0 Å². The Labute approximate surface area is 75.1 Å². The number of aliphatic imine (C=N–C) groups is 1. The molecule has 0 aromatic heterocycles. The van der Waals surface area contributed by atoms with Crippen LogP contribution < -0.4 is 0 Å². The van der Waals surface area contributed by atoms with Crippen molar-refractivity contribution in [3.63, 3.8) is 0 Å². The highest BCUT2D eigenvalue weighted by atomic mass is 32.2. The normalized spacial score (nSPS) is 14.5. The predicted molar refractivity (Wildman–Crippen MR) is 47.2 cm³/mol. The molecule has 0 saturated heterocycles. The molecule has 0 bridgehead atoms. The summed E-state index contributed by atoms with van der Waals surface area (Å²) in [7, 11) is 0. The highest BCUT2D eigenvalue weighted by molar-refractivity contribution is 7.98. The highest BCUT2D eigenvalue weighted by Crippen LogP contribution is 2.17. The average molecular weight is 189 g/mol. The summed E-state index contributed by atoms with van der Waals surface area (Å²) in [6, 6.07) is 0. The van der Waals surface area contributed by atoms with Crippen LogP contribution in [0.3, 0.4) is 0 Å². The molecule has 0 fully saturated rings. The van der Waals surface area contributed by atoms with E-state index in [1.165, 1.54) is 24.8 Å². The molecule has 1 unspecified atom stereocenters. The average Bonchev–Trinajstić information content (AvgIpc) is 2.01. The molecule has 0 heterocycles. The molecule has 0 aromatic rings. The lowest BCUT2D eigenvalue weighted by Crippen LogP contribution is -2.33. The molecule has 0 aliphatic carbocycles. The van der Waals surface area contributed by atoms with Crippen LogP contribution in [0.5, 0.6) is 0 Å². The van der Waals surface area contributed by atoms with Crippen molar-refractivity contribution in [3.8, 4) is 0 Å². The summed E-state index contributed by atoms with van der Waals surface area (Å²) in [6.07, 6.45) is 3.50. The third-order valence-corrected chi connectivity index (χ3v) is 2.16. The quantitative estimate of drug-likeness (QED) is 0.516. The second-order valence-electron chi connectivity index (χ2n) is 2.52. The van der Waals surface area contributed by atoms with Crippen LogP contribution in [0.15, 0.2) is 4.99 Å². The van der Waals surface area contributed by atoms with E-state index in [-0.39, 0.29) is 0 Å². The Morgan fingerprint density at radius 3 is 2.67 bits per heavy atom. The monoisotopic (exact) mass is 189 g/mol. The van der Waals surface area contributed by atoms with E-state index >= 15 is 0 Å². The summed E-state index contributed by atoms with van der Waals surface area (Å²) in [6.45, 7) is 1.41. The Morgan fingerprint density at radius 2 is 2.33 bits per heavy atom. The zero-order valence-electron chi connectivity index (χ0n) is 7.03. The second-order valence-corrected chi connectivity index (χ2v) is 3.51. The predicted octanol–water partition coefficient (Wildman–Crippen LogP) is 0.919. The maximum Gasteiger partial charge on any atom is 0.332 e. The largest absolute Gasteiger partial charge is 0.479 e. The number of hydrogen-bond acceptors (Lipinski definition) is 4. The first-order valence-corrected chi connectivity index (χ1v) is 4.77. The molecule has 0 radical (unpaired) electrons. The Hall–Kier alpha value is -0.800. The zero-order chi connectivity index (χ0) is 9.61. The topological polar surface area (TPSA) is 66.7 Å². The molecule has 0 amide bonds. The third-order valence-electron chi connectivity index (χ3n) is 1.55. The van der Waals surface area contributed by atoms with Crippen molar-refractivity contribution in [2.24, 2.45) is 4.99 Å². The van der Waals surface area contributed by atoms with Gasteiger partial charge in [-0.05, 0) is 25.4 Å². The molecular weight excluding hydrogens is 178 g/mol. The minimum Gasteiger partial charge on any atom is -0.479 e. The fraction of sp³-hybridized carbons (Fsp3) is 0.714. The van der Waals surface area contributed by atoms with Gasteiger partial charge in [-0.1, -0.05) is 0 Å². The van der Waals surface area contributed by atoms with Crippen LogP contribution >= 0.6 is 11.8 Å². The first kappa shape index (κ1) is 11.2. The van der Waals surface area contributed by atoms with Gasteiger partial charge in [-0.25, -0.2) is 9.59 Å². The SMILES string of the molecule is CSCCC(C)(N=C=O)C(=O)O. The van der Waals surface area contributed by atoms with E-state index < -0.39 is 11.5 Å². The zero-order valence-corrected chi connectivity index (χ0v) is 7.85. The van der Waals surface area contributed by atoms with Crippen LogP contribution in [0.1, 0.15) is 13.3 Å². The summed E-state index contributed by atoms with van der Waals surface area (Å²) in [5.41, 5.74) is -1.30. The van der Waals surface area contributed by atoms with Crippen LogP contribution in [0.25, 0.3) is 0 Å². The molecule has 68 valence electrons. The van der Waals surface area contributed by atoms with Gasteiger partial charge in [-0.2, -0.15) is 16.8 Å². The summed E-state index contributed by atoms with van der Waals surface area (Å²) in [5.74, 6) is -0.423. The maximum absolute atomic E-state index is 10.6. The highest BCUT2D eigenvalue weighted by Gasteiger charge is 2.31. The number of rotatable bonds is 5. The van der Waals surface area contributed by atoms with E-state index in [1.807, 2.05) is 6.26 Å². The molecule has 0 saturated carbocycles. The second kappa shape index (κ2) is 4.95. The van der Waals surface area contributed by atoms with E-state index in [9.17, 15) is 9.59 Å². The number of isocyanates is 1. The lowest BCUT2D eigenvalue weighted by Gasteiger charge is -2.16. The van der Waals surface area contributed by atoms with E-state index in [0.717, 1.165) is 0 Å². The fourth-order valence-electron chi connectivity index (χ4n) is 0.612. The van der Waals surface area contributed by atoms with Crippen LogP contribution in [-0.2, 0) is 9.59 Å².